The van der Waals surface area contributed by atoms with Crippen LogP contribution < -0.4 is 14.7 Å². The molecule has 0 aliphatic rings. The molecule has 0 saturated heterocycles. The number of aliphatic hydroxyl groups excluding tert-OH is 2. The van der Waals surface area contributed by atoms with Crippen LogP contribution in [0.1, 0.15) is 90.1 Å². The molecule has 7 aromatic rings. The molecule has 1 heterocycles. The quantitative estimate of drug-likeness (QED) is 0.0520. The van der Waals surface area contributed by atoms with Gasteiger partial charge in [-0.1, -0.05) is 74.5 Å². The summed E-state index contributed by atoms with van der Waals surface area (Å²) < 4.78 is 42.6. The average molecular weight is 1020 g/mol. The molecule has 0 aliphatic carbocycles. The van der Waals surface area contributed by atoms with Gasteiger partial charge in [-0.05, 0) is 166 Å². The predicted octanol–water partition coefficient (Wildman–Crippen LogP) is 12.3. The van der Waals surface area contributed by atoms with Crippen molar-refractivity contribution < 1.29 is 28.1 Å². The minimum atomic E-state index is -3.82. The van der Waals surface area contributed by atoms with Crippen molar-refractivity contribution in [2.75, 3.05) is 94.6 Å². The lowest BCUT2D eigenvalue weighted by atomic mass is 9.83. The molecule has 0 amide bonds. The van der Waals surface area contributed by atoms with E-state index >= 15 is 0 Å². The van der Waals surface area contributed by atoms with Gasteiger partial charge in [0.2, 0.25) is 10.0 Å². The summed E-state index contributed by atoms with van der Waals surface area (Å²) in [4.78, 5) is 7.32. The Bertz CT molecular complexity index is 2970. The Morgan fingerprint density at radius 2 is 1.01 bits per heavy atom. The van der Waals surface area contributed by atoms with Crippen LogP contribution >= 0.6 is 0 Å². The van der Waals surface area contributed by atoms with E-state index in [1.807, 2.05) is 13.8 Å². The summed E-state index contributed by atoms with van der Waals surface area (Å²) in [5.41, 5.74) is 16.7. The fraction of sp³-hybridized carbons (Fsp3) is 0.387. The van der Waals surface area contributed by atoms with E-state index in [4.69, 9.17) is 9.47 Å². The van der Waals surface area contributed by atoms with Gasteiger partial charge in [0.25, 0.3) is 0 Å². The first-order valence-corrected chi connectivity index (χ1v) is 27.8. The third-order valence-corrected chi connectivity index (χ3v) is 16.1. The minimum absolute atomic E-state index is 0.120. The van der Waals surface area contributed by atoms with Gasteiger partial charge in [-0.15, -0.1) is 0 Å². The Balaban J connectivity index is 1.32. The van der Waals surface area contributed by atoms with Gasteiger partial charge < -0.3 is 39.0 Å². The van der Waals surface area contributed by atoms with Gasteiger partial charge in [-0.25, -0.2) is 8.42 Å². The number of hydrogen-bond acceptors (Lipinski definition) is 9. The van der Waals surface area contributed by atoms with Crippen LogP contribution in [0.4, 0.5) is 28.4 Å². The summed E-state index contributed by atoms with van der Waals surface area (Å²) in [6, 6.07) is 45.7. The number of ether oxygens (including phenoxy) is 2. The van der Waals surface area contributed by atoms with E-state index in [2.05, 4.69) is 169 Å². The van der Waals surface area contributed by atoms with E-state index in [0.29, 0.717) is 12.8 Å². The first-order valence-electron chi connectivity index (χ1n) is 26.4. The van der Waals surface area contributed by atoms with E-state index in [0.717, 1.165) is 84.1 Å². The van der Waals surface area contributed by atoms with Crippen molar-refractivity contribution in [3.63, 3.8) is 0 Å². The average Bonchev–Trinajstić information content (AvgIpc) is 3.70. The summed E-state index contributed by atoms with van der Waals surface area (Å²) in [6.45, 7) is 19.4. The first-order chi connectivity index (χ1) is 35.8. The number of aliphatic hydroxyl groups is 2. The van der Waals surface area contributed by atoms with Gasteiger partial charge in [0.15, 0.2) is 0 Å². The summed E-state index contributed by atoms with van der Waals surface area (Å²) in [7, 11) is -0.664. The lowest BCUT2D eigenvalue weighted by Crippen LogP contribution is -2.36. The second-order valence-electron chi connectivity index (χ2n) is 19.5. The Hall–Kier alpha value is -5.99. The molecule has 7 rings (SSSR count). The van der Waals surface area contributed by atoms with Gasteiger partial charge in [0, 0.05) is 118 Å². The van der Waals surface area contributed by atoms with E-state index < -0.39 is 10.0 Å². The Morgan fingerprint density at radius 3 is 1.47 bits per heavy atom. The first kappa shape index (κ1) is 55.8. The molecule has 6 aromatic carbocycles. The standard InChI is InChI=1S/C62H79N5O6S/c1-10-31-65(61-45(3)41-55(42-46(61)4)63(33-17-37-68)34-18-38-69)52-27-23-50(24-28-52)60(59-49(7)67(54-19-13-12-14-20-54)58-22-16-15-21-57(58)59)51-25-29-53(30-26-51)66(32-11-2)62-47(5)43-56(44-48(62)6)74(70,71)64(35-39-72-8)36-40-73-9/h12-16,19-30,41-44,60,68-69H,10-11,17-18,31-40H2,1-9H3. The number of fused-ring (bicyclic) bond motifs is 1. The summed E-state index contributed by atoms with van der Waals surface area (Å²) in [5, 5.41) is 20.5. The van der Waals surface area contributed by atoms with Gasteiger partial charge in [-0.2, -0.15) is 4.31 Å². The molecule has 394 valence electrons. The maximum absolute atomic E-state index is 14.1. The summed E-state index contributed by atoms with van der Waals surface area (Å²) >= 11 is 0. The number of methoxy groups -OCH3 is 2. The zero-order valence-electron chi connectivity index (χ0n) is 45.3. The van der Waals surface area contributed by atoms with E-state index in [9.17, 15) is 18.6 Å². The van der Waals surface area contributed by atoms with Crippen LogP contribution in [-0.2, 0) is 19.5 Å². The van der Waals surface area contributed by atoms with Gasteiger partial charge in [0.05, 0.1) is 23.6 Å². The van der Waals surface area contributed by atoms with Gasteiger partial charge >= 0.3 is 0 Å². The zero-order valence-corrected chi connectivity index (χ0v) is 46.1. The monoisotopic (exact) mass is 1020 g/mol. The third kappa shape index (κ3) is 12.2. The van der Waals surface area contributed by atoms with Crippen LogP contribution in [0.5, 0.6) is 0 Å². The van der Waals surface area contributed by atoms with Crippen LogP contribution in [0.25, 0.3) is 16.6 Å². The largest absolute Gasteiger partial charge is 0.396 e. The molecule has 0 saturated carbocycles. The second-order valence-corrected chi connectivity index (χ2v) is 21.4. The third-order valence-electron chi connectivity index (χ3n) is 14.2. The molecule has 0 fully saturated rings. The van der Waals surface area contributed by atoms with E-state index in [-0.39, 0.29) is 50.3 Å². The highest BCUT2D eigenvalue weighted by molar-refractivity contribution is 7.89. The maximum Gasteiger partial charge on any atom is 0.243 e. The molecule has 1 unspecified atom stereocenters. The Kier molecular flexibility index (Phi) is 19.6. The van der Waals surface area contributed by atoms with Crippen LogP contribution in [0.15, 0.2) is 132 Å². The molecule has 0 aliphatic heterocycles. The van der Waals surface area contributed by atoms with E-state index in [1.165, 1.54) is 48.9 Å². The SMILES string of the molecule is CCCN(c1ccc(C(c2ccc(N(CCC)c3c(C)cc(S(=O)(=O)N(CCOC)CCOC)cc3C)cc2)c2c(C)n(-c3ccccc3)c3ccccc23)cc1)c1c(C)cc(N(CCCO)CCCO)cc1C. The molecule has 1 aromatic heterocycles. The van der Waals surface area contributed by atoms with Crippen molar-refractivity contribution in [2.45, 2.75) is 85.0 Å². The number of nitrogens with zero attached hydrogens (tertiary/aromatic N) is 5. The lowest BCUT2D eigenvalue weighted by molar-refractivity contribution is 0.150. The van der Waals surface area contributed by atoms with Gasteiger partial charge in [-0.3, -0.25) is 0 Å². The normalized spacial score (nSPS) is 12.2. The molecule has 0 bridgehead atoms. The molecule has 0 spiro atoms. The molecule has 11 nitrogen and oxygen atoms in total. The Labute approximate surface area is 441 Å². The molecule has 2 N–H and O–H groups in total. The molecular formula is C62H79N5O6S. The van der Waals surface area contributed by atoms with Crippen molar-refractivity contribution in [1.82, 2.24) is 8.87 Å². The smallest absolute Gasteiger partial charge is 0.243 e. The minimum Gasteiger partial charge on any atom is -0.396 e. The number of aromatic nitrogens is 1. The number of anilines is 5. The molecule has 12 heteroatoms. The number of hydrogen-bond donors (Lipinski definition) is 2. The van der Waals surface area contributed by atoms with Crippen LogP contribution in [0, 0.1) is 34.6 Å². The molecule has 0 radical (unpaired) electrons. The van der Waals surface area contributed by atoms with Crippen molar-refractivity contribution in [1.29, 1.82) is 0 Å². The highest BCUT2D eigenvalue weighted by atomic mass is 32.2. The number of rotatable bonds is 27. The number of para-hydroxylation sites is 2. The molecular weight excluding hydrogens is 943 g/mol. The van der Waals surface area contributed by atoms with Crippen LogP contribution in [0.3, 0.4) is 0 Å². The number of aryl methyl sites for hydroxylation is 4. The van der Waals surface area contributed by atoms with Gasteiger partial charge in [0.1, 0.15) is 0 Å². The molecule has 1 atom stereocenters. The van der Waals surface area contributed by atoms with E-state index in [1.54, 1.807) is 26.4 Å². The van der Waals surface area contributed by atoms with Crippen molar-refractivity contribution in [2.24, 2.45) is 0 Å². The maximum atomic E-state index is 14.1. The predicted molar refractivity (Wildman–Crippen MR) is 306 cm³/mol. The summed E-state index contributed by atoms with van der Waals surface area (Å²) in [5.74, 6) is -0.120. The highest BCUT2D eigenvalue weighted by Crippen LogP contribution is 2.44. The topological polar surface area (TPSA) is 111 Å². The fourth-order valence-electron chi connectivity index (χ4n) is 10.9. The highest BCUT2D eigenvalue weighted by Gasteiger charge is 2.29. The zero-order chi connectivity index (χ0) is 52.9. The number of benzene rings is 6. The molecule has 74 heavy (non-hydrogen) atoms. The van der Waals surface area contributed by atoms with Crippen molar-refractivity contribution >= 4 is 49.4 Å². The van der Waals surface area contributed by atoms with Crippen LogP contribution in [0.2, 0.25) is 0 Å². The van der Waals surface area contributed by atoms with Crippen LogP contribution in [-0.4, -0.2) is 107 Å². The Morgan fingerprint density at radius 1 is 0.554 bits per heavy atom. The summed E-state index contributed by atoms with van der Waals surface area (Å²) in [6.07, 6.45) is 3.20. The number of sulfonamides is 1. The fourth-order valence-corrected chi connectivity index (χ4v) is 12.5. The van der Waals surface area contributed by atoms with Crippen molar-refractivity contribution in [3.8, 4) is 5.69 Å². The lowest BCUT2D eigenvalue weighted by Gasteiger charge is -2.31. The second kappa shape index (κ2) is 26.0. The van der Waals surface area contributed by atoms with Crippen molar-refractivity contribution in [3.05, 3.63) is 172 Å².